The molecule has 3 atom stereocenters. The molecule has 0 radical (unpaired) electrons. The normalized spacial score (nSPS) is 24.5. The van der Waals surface area contributed by atoms with E-state index in [9.17, 15) is 5.11 Å². The Morgan fingerprint density at radius 1 is 0.615 bits per heavy atom. The molecule has 0 saturated heterocycles. The number of hydrogen-bond acceptors (Lipinski definition) is 2. The lowest BCUT2D eigenvalue weighted by molar-refractivity contribution is -0.0683. The van der Waals surface area contributed by atoms with Crippen LogP contribution in [0.1, 0.15) is 109 Å². The van der Waals surface area contributed by atoms with Crippen molar-refractivity contribution in [2.75, 3.05) is 0 Å². The summed E-state index contributed by atoms with van der Waals surface area (Å²) in [6.07, 6.45) is 48.2. The standard InChI is InChI=1S/C50H68O2/c1-38(2)21-15-24-41(5)26-17-28-43(7)30-19-32-44(8)31-18-29-42(6)27-16-25-39(3)22-13-14-23-40(4)33-20-34-45(9)47-35-48-49(10,11)36-46(51)37-50(48,12)52-47/h13-14,16-23,25-35,46-47,51H,15,24,36-37H2,1-12H3/b14-13+,25-16+,28-17+,29-18+,32-19+,33-20+,39-22-,40-23+,41-26-,42-27-,43-30+,44-31+,45-34+/t46-,47-,50-/m1/s1. The van der Waals surface area contributed by atoms with E-state index in [0.717, 1.165) is 19.3 Å². The van der Waals surface area contributed by atoms with Crippen LogP contribution in [-0.4, -0.2) is 22.9 Å². The molecule has 1 fully saturated rings. The molecular weight excluding hydrogens is 633 g/mol. The third-order valence-corrected chi connectivity index (χ3v) is 9.36. The highest BCUT2D eigenvalue weighted by Crippen LogP contribution is 2.52. The predicted molar refractivity (Wildman–Crippen MR) is 230 cm³/mol. The van der Waals surface area contributed by atoms with Crippen molar-refractivity contribution in [2.45, 2.75) is 127 Å². The molecule has 1 aliphatic heterocycles. The van der Waals surface area contributed by atoms with Crippen LogP contribution in [0.2, 0.25) is 0 Å². The highest BCUT2D eigenvalue weighted by molar-refractivity contribution is 5.38. The van der Waals surface area contributed by atoms with Gasteiger partial charge < -0.3 is 9.84 Å². The topological polar surface area (TPSA) is 29.5 Å². The Kier molecular flexibility index (Phi) is 18.8. The lowest BCUT2D eigenvalue weighted by Gasteiger charge is -2.44. The van der Waals surface area contributed by atoms with Crippen molar-refractivity contribution < 1.29 is 9.84 Å². The fourth-order valence-electron chi connectivity index (χ4n) is 6.48. The molecule has 280 valence electrons. The minimum atomic E-state index is -0.383. The van der Waals surface area contributed by atoms with Gasteiger partial charge in [-0.15, -0.1) is 0 Å². The van der Waals surface area contributed by atoms with Gasteiger partial charge in [0.2, 0.25) is 0 Å². The van der Waals surface area contributed by atoms with Crippen molar-refractivity contribution in [1.82, 2.24) is 0 Å². The molecular formula is C50H68O2. The molecule has 0 amide bonds. The van der Waals surface area contributed by atoms with Crippen molar-refractivity contribution in [2.24, 2.45) is 5.41 Å². The number of allylic oxidation sites excluding steroid dienone is 27. The van der Waals surface area contributed by atoms with E-state index in [1.165, 1.54) is 50.2 Å². The van der Waals surface area contributed by atoms with Crippen molar-refractivity contribution >= 4 is 0 Å². The van der Waals surface area contributed by atoms with E-state index in [4.69, 9.17) is 4.74 Å². The number of fused-ring (bicyclic) bond motifs is 1. The summed E-state index contributed by atoms with van der Waals surface area (Å²) in [6, 6.07) is 0. The number of hydrogen-bond donors (Lipinski definition) is 1. The third kappa shape index (κ3) is 17.0. The maximum Gasteiger partial charge on any atom is 0.0982 e. The van der Waals surface area contributed by atoms with E-state index >= 15 is 0 Å². The zero-order chi connectivity index (χ0) is 38.7. The second-order valence-corrected chi connectivity index (χ2v) is 15.8. The molecule has 1 N–H and O–H groups in total. The van der Waals surface area contributed by atoms with Crippen molar-refractivity contribution in [3.8, 4) is 0 Å². The van der Waals surface area contributed by atoms with Gasteiger partial charge in [-0.05, 0) is 111 Å². The third-order valence-electron chi connectivity index (χ3n) is 9.36. The predicted octanol–water partition coefficient (Wildman–Crippen LogP) is 14.0. The van der Waals surface area contributed by atoms with E-state index in [-0.39, 0.29) is 23.2 Å². The van der Waals surface area contributed by atoms with Gasteiger partial charge in [0.1, 0.15) is 0 Å². The largest absolute Gasteiger partial charge is 0.393 e. The summed E-state index contributed by atoms with van der Waals surface area (Å²) >= 11 is 0. The first-order valence-electron chi connectivity index (χ1n) is 19.0. The highest BCUT2D eigenvalue weighted by atomic mass is 16.5. The molecule has 0 aromatic rings. The Balaban J connectivity index is 1.82. The lowest BCUT2D eigenvalue weighted by atomic mass is 9.65. The quantitative estimate of drug-likeness (QED) is 0.128. The smallest absolute Gasteiger partial charge is 0.0982 e. The Morgan fingerprint density at radius 2 is 1.04 bits per heavy atom. The van der Waals surface area contributed by atoms with Crippen molar-refractivity contribution in [3.05, 3.63) is 178 Å². The number of rotatable bonds is 16. The first kappa shape index (κ1) is 44.2. The van der Waals surface area contributed by atoms with Crippen LogP contribution in [-0.2, 0) is 4.74 Å². The zero-order valence-electron chi connectivity index (χ0n) is 34.5. The first-order valence-corrected chi connectivity index (χ1v) is 19.0. The van der Waals surface area contributed by atoms with Gasteiger partial charge in [-0.3, -0.25) is 0 Å². The second kappa shape index (κ2) is 22.2. The monoisotopic (exact) mass is 701 g/mol. The molecule has 2 heteroatoms. The SMILES string of the molecule is CC(C)=CCC\C(C)=C/C=C/C(C)=C/C=C/C(C)=C/C=C/C(C)=C\C=C\C(C)=C/C=C/C=C(C)/C=C/C=C(\C)[C@H]1C=C2C(C)(C)C[C@@H](O)C[C@@]2(C)O1. The van der Waals surface area contributed by atoms with Crippen molar-refractivity contribution in [3.63, 3.8) is 0 Å². The molecule has 0 bridgehead atoms. The van der Waals surface area contributed by atoms with Crippen LogP contribution >= 0.6 is 0 Å². The van der Waals surface area contributed by atoms with Crippen molar-refractivity contribution in [1.29, 1.82) is 0 Å². The Labute approximate surface area is 318 Å². The molecule has 2 nitrogen and oxygen atoms in total. The summed E-state index contributed by atoms with van der Waals surface area (Å²) in [5.41, 5.74) is 10.8. The molecule has 1 saturated carbocycles. The lowest BCUT2D eigenvalue weighted by Crippen LogP contribution is -2.45. The number of aliphatic hydroxyl groups excluding tert-OH is 1. The van der Waals surface area contributed by atoms with E-state index in [0.29, 0.717) is 6.42 Å². The van der Waals surface area contributed by atoms with Gasteiger partial charge in [0.25, 0.3) is 0 Å². The Hall–Kier alpha value is -3.98. The van der Waals surface area contributed by atoms with Crippen LogP contribution in [0.5, 0.6) is 0 Å². The molecule has 2 aliphatic rings. The van der Waals surface area contributed by atoms with Crippen LogP contribution in [0.4, 0.5) is 0 Å². The number of aliphatic hydroxyl groups is 1. The molecule has 0 unspecified atom stereocenters. The first-order chi connectivity index (χ1) is 24.5. The minimum absolute atomic E-state index is 0.0475. The average molecular weight is 701 g/mol. The molecule has 2 rings (SSSR count). The Morgan fingerprint density at radius 3 is 1.50 bits per heavy atom. The summed E-state index contributed by atoms with van der Waals surface area (Å²) in [4.78, 5) is 0. The van der Waals surface area contributed by atoms with Crippen LogP contribution in [0, 0.1) is 5.41 Å². The Bertz CT molecular complexity index is 1670. The summed E-state index contributed by atoms with van der Waals surface area (Å²) in [7, 11) is 0. The van der Waals surface area contributed by atoms with Gasteiger partial charge in [0, 0.05) is 6.42 Å². The molecule has 0 spiro atoms. The van der Waals surface area contributed by atoms with Crippen LogP contribution < -0.4 is 0 Å². The zero-order valence-corrected chi connectivity index (χ0v) is 34.5. The molecule has 1 aliphatic carbocycles. The van der Waals surface area contributed by atoms with E-state index in [1.54, 1.807) is 0 Å². The molecule has 0 aromatic carbocycles. The molecule has 52 heavy (non-hydrogen) atoms. The fraction of sp³-hybridized carbons (Fsp3) is 0.400. The minimum Gasteiger partial charge on any atom is -0.393 e. The average Bonchev–Trinajstić information content (AvgIpc) is 3.41. The van der Waals surface area contributed by atoms with Gasteiger partial charge in [-0.25, -0.2) is 0 Å². The summed E-state index contributed by atoms with van der Waals surface area (Å²) in [5.74, 6) is 0. The van der Waals surface area contributed by atoms with Gasteiger partial charge in [-0.2, -0.15) is 0 Å². The number of ether oxygens (including phenoxy) is 1. The maximum atomic E-state index is 10.4. The van der Waals surface area contributed by atoms with Crippen LogP contribution in [0.25, 0.3) is 0 Å². The van der Waals surface area contributed by atoms with Gasteiger partial charge >= 0.3 is 0 Å². The van der Waals surface area contributed by atoms with Gasteiger partial charge in [0.15, 0.2) is 0 Å². The van der Waals surface area contributed by atoms with E-state index in [1.807, 2.05) is 0 Å². The molecule has 0 aromatic heterocycles. The van der Waals surface area contributed by atoms with E-state index < -0.39 is 0 Å². The highest BCUT2D eigenvalue weighted by Gasteiger charge is 2.50. The fourth-order valence-corrected chi connectivity index (χ4v) is 6.48. The van der Waals surface area contributed by atoms with Gasteiger partial charge in [0.05, 0.1) is 17.8 Å². The van der Waals surface area contributed by atoms with Crippen LogP contribution in [0.3, 0.4) is 0 Å². The second-order valence-electron chi connectivity index (χ2n) is 15.8. The summed E-state index contributed by atoms with van der Waals surface area (Å²) in [5, 5.41) is 10.4. The summed E-state index contributed by atoms with van der Waals surface area (Å²) in [6.45, 7) is 25.7. The summed E-state index contributed by atoms with van der Waals surface area (Å²) < 4.78 is 6.48. The van der Waals surface area contributed by atoms with Gasteiger partial charge in [-0.1, -0.05) is 174 Å². The van der Waals surface area contributed by atoms with E-state index in [2.05, 4.69) is 211 Å². The maximum absolute atomic E-state index is 10.4. The molecule has 1 heterocycles. The van der Waals surface area contributed by atoms with Crippen LogP contribution in [0.15, 0.2) is 178 Å².